The lowest BCUT2D eigenvalue weighted by molar-refractivity contribution is -0.117. The van der Waals surface area contributed by atoms with Crippen molar-refractivity contribution in [3.63, 3.8) is 0 Å². The fraction of sp³-hybridized carbons (Fsp3) is 0.136. The van der Waals surface area contributed by atoms with E-state index >= 15 is 0 Å². The topological polar surface area (TPSA) is 49.3 Å². The molecule has 3 rings (SSSR count). The number of hydrogen-bond acceptors (Lipinski definition) is 2. The van der Waals surface area contributed by atoms with Gasteiger partial charge in [-0.25, -0.2) is 0 Å². The summed E-state index contributed by atoms with van der Waals surface area (Å²) >= 11 is 0. The third-order valence-corrected chi connectivity index (χ3v) is 4.14. The second-order valence-corrected chi connectivity index (χ2v) is 6.10. The molecule has 0 aromatic heterocycles. The molecule has 0 bridgehead atoms. The molecule has 0 saturated heterocycles. The van der Waals surface area contributed by atoms with Gasteiger partial charge in [0.05, 0.1) is 12.6 Å². The van der Waals surface area contributed by atoms with Gasteiger partial charge in [-0.05, 0) is 41.0 Å². The average Bonchev–Trinajstić information content (AvgIpc) is 2.64. The third kappa shape index (κ3) is 4.34. The number of benzene rings is 3. The Labute approximate surface area is 147 Å². The Morgan fingerprint density at radius 3 is 2.60 bits per heavy atom. The Kier molecular flexibility index (Phi) is 5.26. The second-order valence-electron chi connectivity index (χ2n) is 6.10. The van der Waals surface area contributed by atoms with Crippen LogP contribution in [0.4, 0.5) is 0 Å². The molecule has 3 heteroatoms. The van der Waals surface area contributed by atoms with E-state index in [1.807, 2.05) is 73.7 Å². The quantitative estimate of drug-likeness (QED) is 0.694. The van der Waals surface area contributed by atoms with Gasteiger partial charge in [0.25, 0.3) is 0 Å². The van der Waals surface area contributed by atoms with Crippen molar-refractivity contribution in [3.8, 4) is 0 Å². The number of aliphatic hydroxyl groups is 1. The number of fused-ring (bicyclic) bond motifs is 1. The maximum Gasteiger partial charge on any atom is 0.244 e. The van der Waals surface area contributed by atoms with Crippen LogP contribution >= 0.6 is 0 Å². The molecule has 0 fully saturated rings. The fourth-order valence-electron chi connectivity index (χ4n) is 2.82. The number of aliphatic hydroxyl groups excluding tert-OH is 1. The summed E-state index contributed by atoms with van der Waals surface area (Å²) in [7, 11) is 0. The van der Waals surface area contributed by atoms with E-state index < -0.39 is 6.04 Å². The minimum Gasteiger partial charge on any atom is -0.394 e. The van der Waals surface area contributed by atoms with Gasteiger partial charge in [-0.15, -0.1) is 0 Å². The van der Waals surface area contributed by atoms with Gasteiger partial charge in [-0.2, -0.15) is 0 Å². The van der Waals surface area contributed by atoms with Crippen LogP contribution in [0.15, 0.2) is 72.8 Å². The second kappa shape index (κ2) is 7.77. The molecule has 3 aromatic carbocycles. The van der Waals surface area contributed by atoms with Crippen LogP contribution in [0.1, 0.15) is 22.7 Å². The number of aryl methyl sites for hydroxylation is 1. The monoisotopic (exact) mass is 331 g/mol. The molecule has 3 nitrogen and oxygen atoms in total. The molecule has 2 N–H and O–H groups in total. The zero-order valence-electron chi connectivity index (χ0n) is 14.1. The van der Waals surface area contributed by atoms with Crippen molar-refractivity contribution in [2.24, 2.45) is 0 Å². The summed E-state index contributed by atoms with van der Waals surface area (Å²) in [5.74, 6) is -0.228. The first-order valence-electron chi connectivity index (χ1n) is 8.30. The number of carbonyl (C=O) groups is 1. The lowest BCUT2D eigenvalue weighted by atomic mass is 10.0. The van der Waals surface area contributed by atoms with E-state index in [0.29, 0.717) is 0 Å². The minimum atomic E-state index is -0.431. The molecule has 0 aliphatic heterocycles. The van der Waals surface area contributed by atoms with Crippen molar-refractivity contribution in [2.75, 3.05) is 6.61 Å². The largest absolute Gasteiger partial charge is 0.394 e. The zero-order valence-corrected chi connectivity index (χ0v) is 14.1. The van der Waals surface area contributed by atoms with Crippen LogP contribution in [-0.4, -0.2) is 17.6 Å². The van der Waals surface area contributed by atoms with Crippen LogP contribution in [0, 0.1) is 6.92 Å². The van der Waals surface area contributed by atoms with Crippen molar-refractivity contribution in [1.29, 1.82) is 0 Å². The van der Waals surface area contributed by atoms with E-state index in [1.54, 1.807) is 6.08 Å². The van der Waals surface area contributed by atoms with Gasteiger partial charge in [0, 0.05) is 6.08 Å². The van der Waals surface area contributed by atoms with Crippen molar-refractivity contribution in [2.45, 2.75) is 13.0 Å². The van der Waals surface area contributed by atoms with Crippen LogP contribution in [0.3, 0.4) is 0 Å². The number of rotatable bonds is 5. The number of amides is 1. The summed E-state index contributed by atoms with van der Waals surface area (Å²) in [4.78, 5) is 12.2. The Morgan fingerprint density at radius 2 is 1.84 bits per heavy atom. The predicted octanol–water partition coefficient (Wildman–Crippen LogP) is 4.01. The Bertz CT molecular complexity index is 915. The first-order chi connectivity index (χ1) is 12.2. The highest BCUT2D eigenvalue weighted by Gasteiger charge is 2.12. The molecule has 25 heavy (non-hydrogen) atoms. The molecular formula is C22H21NO2. The van der Waals surface area contributed by atoms with E-state index in [1.165, 1.54) is 6.08 Å². The summed E-state index contributed by atoms with van der Waals surface area (Å²) in [6, 6.07) is 21.5. The molecule has 1 amide bonds. The smallest absolute Gasteiger partial charge is 0.244 e. The van der Waals surface area contributed by atoms with Gasteiger partial charge in [0.1, 0.15) is 0 Å². The summed E-state index contributed by atoms with van der Waals surface area (Å²) in [6.07, 6.45) is 3.27. The standard InChI is InChI=1S/C22H21NO2/c1-16-5-4-6-17(13-16)9-12-22(25)23-21(15-24)20-11-10-18-7-2-3-8-19(18)14-20/h2-14,21,24H,15H2,1H3,(H,23,25)/b12-9+/t21-/m0/s1. The third-order valence-electron chi connectivity index (χ3n) is 4.14. The highest BCUT2D eigenvalue weighted by Crippen LogP contribution is 2.20. The van der Waals surface area contributed by atoms with Gasteiger partial charge in [-0.1, -0.05) is 66.2 Å². The van der Waals surface area contributed by atoms with Gasteiger partial charge < -0.3 is 10.4 Å². The number of hydrogen-bond donors (Lipinski definition) is 2. The predicted molar refractivity (Wildman–Crippen MR) is 102 cm³/mol. The highest BCUT2D eigenvalue weighted by atomic mass is 16.3. The number of carbonyl (C=O) groups excluding carboxylic acids is 1. The zero-order chi connectivity index (χ0) is 17.6. The fourth-order valence-corrected chi connectivity index (χ4v) is 2.82. The molecule has 0 aliphatic rings. The molecular weight excluding hydrogens is 310 g/mol. The Morgan fingerprint density at radius 1 is 1.04 bits per heavy atom. The van der Waals surface area contributed by atoms with Crippen molar-refractivity contribution in [3.05, 3.63) is 89.5 Å². The van der Waals surface area contributed by atoms with E-state index in [9.17, 15) is 9.90 Å². The maximum atomic E-state index is 12.2. The van der Waals surface area contributed by atoms with Gasteiger partial charge in [-0.3, -0.25) is 4.79 Å². The molecule has 0 radical (unpaired) electrons. The molecule has 0 saturated carbocycles. The summed E-state index contributed by atoms with van der Waals surface area (Å²) in [5, 5.41) is 14.8. The van der Waals surface area contributed by atoms with Crippen LogP contribution in [0.2, 0.25) is 0 Å². The maximum absolute atomic E-state index is 12.2. The van der Waals surface area contributed by atoms with Crippen LogP contribution in [0.25, 0.3) is 16.8 Å². The highest BCUT2D eigenvalue weighted by molar-refractivity contribution is 5.92. The normalized spacial score (nSPS) is 12.4. The first-order valence-corrected chi connectivity index (χ1v) is 8.30. The van der Waals surface area contributed by atoms with Crippen LogP contribution in [-0.2, 0) is 4.79 Å². The molecule has 0 spiro atoms. The number of nitrogens with one attached hydrogen (secondary N) is 1. The van der Waals surface area contributed by atoms with Crippen molar-refractivity contribution < 1.29 is 9.90 Å². The average molecular weight is 331 g/mol. The van der Waals surface area contributed by atoms with Gasteiger partial charge in [0.15, 0.2) is 0 Å². The van der Waals surface area contributed by atoms with E-state index in [0.717, 1.165) is 27.5 Å². The van der Waals surface area contributed by atoms with Crippen LogP contribution < -0.4 is 5.32 Å². The Hall–Kier alpha value is -2.91. The molecule has 126 valence electrons. The van der Waals surface area contributed by atoms with Crippen LogP contribution in [0.5, 0.6) is 0 Å². The summed E-state index contributed by atoms with van der Waals surface area (Å²) < 4.78 is 0. The van der Waals surface area contributed by atoms with E-state index in [-0.39, 0.29) is 12.5 Å². The first kappa shape index (κ1) is 16.9. The molecule has 0 heterocycles. The van der Waals surface area contributed by atoms with Crippen molar-refractivity contribution in [1.82, 2.24) is 5.32 Å². The van der Waals surface area contributed by atoms with Gasteiger partial charge in [0.2, 0.25) is 5.91 Å². The van der Waals surface area contributed by atoms with E-state index in [2.05, 4.69) is 5.32 Å². The SMILES string of the molecule is Cc1cccc(/C=C/C(=O)N[C@@H](CO)c2ccc3ccccc3c2)c1. The summed E-state index contributed by atoms with van der Waals surface area (Å²) in [5.41, 5.74) is 3.01. The molecule has 0 aliphatic carbocycles. The lowest BCUT2D eigenvalue weighted by Crippen LogP contribution is -2.29. The Balaban J connectivity index is 1.73. The van der Waals surface area contributed by atoms with E-state index in [4.69, 9.17) is 0 Å². The molecule has 1 atom stereocenters. The lowest BCUT2D eigenvalue weighted by Gasteiger charge is -2.16. The summed E-state index contributed by atoms with van der Waals surface area (Å²) in [6.45, 7) is 1.86. The minimum absolute atomic E-state index is 0.150. The molecule has 3 aromatic rings. The van der Waals surface area contributed by atoms with Crippen molar-refractivity contribution >= 4 is 22.8 Å². The van der Waals surface area contributed by atoms with Gasteiger partial charge >= 0.3 is 0 Å². The molecule has 0 unspecified atom stereocenters.